The molecule has 0 bridgehead atoms. The summed E-state index contributed by atoms with van der Waals surface area (Å²) in [6, 6.07) is 13.9. The maximum Gasteiger partial charge on any atom is 0.287 e. The number of furan rings is 1. The van der Waals surface area contributed by atoms with Crippen LogP contribution in [0.25, 0.3) is 16.6 Å². The highest BCUT2D eigenvalue weighted by Gasteiger charge is 2.25. The van der Waals surface area contributed by atoms with Gasteiger partial charge in [-0.15, -0.1) is 0 Å². The predicted octanol–water partition coefficient (Wildman–Crippen LogP) is 5.46. The van der Waals surface area contributed by atoms with E-state index >= 15 is 0 Å². The van der Waals surface area contributed by atoms with Crippen LogP contribution >= 0.6 is 8.58 Å². The summed E-state index contributed by atoms with van der Waals surface area (Å²) in [5.41, 5.74) is 4.92. The number of carbonyl (C=O) groups is 1. The number of benzene rings is 1. The van der Waals surface area contributed by atoms with Gasteiger partial charge in [-0.3, -0.25) is 9.20 Å². The Morgan fingerprint density at radius 1 is 1.22 bits per heavy atom. The zero-order valence-electron chi connectivity index (χ0n) is 18.3. The number of aryl methyl sites for hydroxylation is 1. The average molecular weight is 451 g/mol. The van der Waals surface area contributed by atoms with Crippen LogP contribution in [-0.4, -0.2) is 27.0 Å². The van der Waals surface area contributed by atoms with E-state index in [1.807, 2.05) is 53.9 Å². The van der Waals surface area contributed by atoms with Gasteiger partial charge in [0.2, 0.25) is 0 Å². The fraction of sp³-hybridized carbons (Fsp3) is 0.360. The molecule has 32 heavy (non-hydrogen) atoms. The number of carbonyl (C=O) groups excluding carboxylic acids is 1. The Morgan fingerprint density at radius 2 is 2.03 bits per heavy atom. The monoisotopic (exact) mass is 451 g/mol. The number of nitrogens with one attached hydrogen (secondary N) is 1. The summed E-state index contributed by atoms with van der Waals surface area (Å²) >= 11 is 0. The lowest BCUT2D eigenvalue weighted by molar-refractivity contribution is 0.0902. The van der Waals surface area contributed by atoms with Crippen molar-refractivity contribution in [2.24, 2.45) is 0 Å². The van der Waals surface area contributed by atoms with Crippen LogP contribution in [0.2, 0.25) is 0 Å². The molecular formula is C25H27FN3O2P. The van der Waals surface area contributed by atoms with Crippen LogP contribution in [-0.2, 0) is 0 Å². The molecule has 0 spiro atoms. The van der Waals surface area contributed by atoms with Crippen molar-refractivity contribution in [3.05, 3.63) is 65.7 Å². The molecule has 1 saturated carbocycles. The number of pyridine rings is 1. The van der Waals surface area contributed by atoms with Crippen LogP contribution in [0.4, 0.5) is 4.39 Å². The standard InChI is InChI=1S/C25H27FN3O2P/c1-15-6-11-21-17(12-15)13-22(31-21)25(30)27-18-7-9-19(10-8-18)32-24-5-3-4-23-28-20(16(2)26)14-29(23)24/h3-6,11-14,16,18-19,32H,7-10H2,1-2H3,(H,27,30). The van der Waals surface area contributed by atoms with E-state index in [0.717, 1.165) is 47.9 Å². The molecule has 0 aliphatic heterocycles. The van der Waals surface area contributed by atoms with Crippen molar-refractivity contribution in [1.29, 1.82) is 0 Å². The topological polar surface area (TPSA) is 59.5 Å². The number of hydrogen-bond acceptors (Lipinski definition) is 3. The van der Waals surface area contributed by atoms with Gasteiger partial charge in [0, 0.05) is 23.1 Å². The van der Waals surface area contributed by atoms with Crippen molar-refractivity contribution in [1.82, 2.24) is 14.7 Å². The zero-order chi connectivity index (χ0) is 22.2. The summed E-state index contributed by atoms with van der Waals surface area (Å²) < 4.78 is 21.5. The molecular weight excluding hydrogens is 424 g/mol. The van der Waals surface area contributed by atoms with Gasteiger partial charge in [0.1, 0.15) is 17.4 Å². The number of aromatic nitrogens is 2. The van der Waals surface area contributed by atoms with E-state index in [2.05, 4.69) is 16.4 Å². The third kappa shape index (κ3) is 4.29. The molecule has 166 valence electrons. The van der Waals surface area contributed by atoms with Gasteiger partial charge < -0.3 is 9.73 Å². The molecule has 0 radical (unpaired) electrons. The highest BCUT2D eigenvalue weighted by Crippen LogP contribution is 2.33. The van der Waals surface area contributed by atoms with Crippen LogP contribution in [0.5, 0.6) is 0 Å². The smallest absolute Gasteiger partial charge is 0.287 e. The van der Waals surface area contributed by atoms with Gasteiger partial charge >= 0.3 is 0 Å². The summed E-state index contributed by atoms with van der Waals surface area (Å²) in [5, 5.41) is 4.11. The maximum atomic E-state index is 13.7. The minimum Gasteiger partial charge on any atom is -0.451 e. The van der Waals surface area contributed by atoms with E-state index < -0.39 is 6.17 Å². The Morgan fingerprint density at radius 3 is 2.81 bits per heavy atom. The van der Waals surface area contributed by atoms with Gasteiger partial charge in [-0.2, -0.15) is 0 Å². The highest BCUT2D eigenvalue weighted by atomic mass is 31.1. The van der Waals surface area contributed by atoms with Crippen LogP contribution in [0, 0.1) is 6.92 Å². The van der Waals surface area contributed by atoms with Crippen LogP contribution in [0.15, 0.2) is 53.1 Å². The number of halogens is 1. The second-order valence-corrected chi connectivity index (χ2v) is 10.4. The Balaban J connectivity index is 1.20. The summed E-state index contributed by atoms with van der Waals surface area (Å²) in [6.07, 6.45) is 4.77. The first kappa shape index (κ1) is 21.1. The van der Waals surface area contributed by atoms with E-state index in [9.17, 15) is 9.18 Å². The fourth-order valence-corrected chi connectivity index (χ4v) is 6.01. The molecule has 1 amide bonds. The molecule has 2 unspecified atom stereocenters. The molecule has 1 aliphatic carbocycles. The molecule has 7 heteroatoms. The summed E-state index contributed by atoms with van der Waals surface area (Å²) in [4.78, 5) is 17.1. The third-order valence-electron chi connectivity index (χ3n) is 6.23. The lowest BCUT2D eigenvalue weighted by Crippen LogP contribution is -2.38. The van der Waals surface area contributed by atoms with Gasteiger partial charge in [-0.05, 0) is 75.5 Å². The third-order valence-corrected chi connectivity index (χ3v) is 7.92. The molecule has 5 nitrogen and oxygen atoms in total. The molecule has 1 fully saturated rings. The largest absolute Gasteiger partial charge is 0.451 e. The number of alkyl halides is 1. The van der Waals surface area contributed by atoms with Crippen molar-refractivity contribution < 1.29 is 13.6 Å². The molecule has 5 rings (SSSR count). The van der Waals surface area contributed by atoms with Crippen molar-refractivity contribution in [3.8, 4) is 0 Å². The van der Waals surface area contributed by atoms with Crippen LogP contribution in [0.1, 0.15) is 60.6 Å². The zero-order valence-corrected chi connectivity index (χ0v) is 19.3. The number of hydrogen-bond donors (Lipinski definition) is 1. The Labute approximate surface area is 188 Å². The Bertz CT molecular complexity index is 1270. The quantitative estimate of drug-likeness (QED) is 0.410. The lowest BCUT2D eigenvalue weighted by Gasteiger charge is -2.29. The van der Waals surface area contributed by atoms with E-state index in [0.29, 0.717) is 25.7 Å². The highest BCUT2D eigenvalue weighted by molar-refractivity contribution is 7.47. The van der Waals surface area contributed by atoms with Crippen molar-refractivity contribution in [3.63, 3.8) is 0 Å². The number of imidazole rings is 1. The average Bonchev–Trinajstić information content (AvgIpc) is 3.40. The SMILES string of the molecule is Cc1ccc2oc(C(=O)NC3CCC(Pc4cccc5nc(C(C)F)cn45)CC3)cc2c1. The molecule has 0 saturated heterocycles. The fourth-order valence-electron chi connectivity index (χ4n) is 4.46. The van der Waals surface area contributed by atoms with Gasteiger partial charge in [0.15, 0.2) is 5.76 Å². The second kappa shape index (κ2) is 8.67. The maximum absolute atomic E-state index is 13.7. The second-order valence-electron chi connectivity index (χ2n) is 8.74. The minimum atomic E-state index is -1.07. The first-order valence-corrected chi connectivity index (χ1v) is 12.2. The summed E-state index contributed by atoms with van der Waals surface area (Å²) in [5.74, 6) is 0.236. The number of rotatable bonds is 5. The first-order chi connectivity index (χ1) is 15.5. The molecule has 3 aromatic heterocycles. The lowest BCUT2D eigenvalue weighted by atomic mass is 9.95. The van der Waals surface area contributed by atoms with Crippen LogP contribution in [0.3, 0.4) is 0 Å². The van der Waals surface area contributed by atoms with Crippen molar-refractivity contribution >= 4 is 36.5 Å². The predicted molar refractivity (Wildman–Crippen MR) is 127 cm³/mol. The molecule has 2 atom stereocenters. The van der Waals surface area contributed by atoms with Gasteiger partial charge in [0.25, 0.3) is 5.91 Å². The Hall–Kier alpha value is -2.72. The van der Waals surface area contributed by atoms with Crippen LogP contribution < -0.4 is 10.8 Å². The summed E-state index contributed by atoms with van der Waals surface area (Å²) in [7, 11) is 0.634. The number of nitrogens with zero attached hydrogens (tertiary/aromatic N) is 2. The van der Waals surface area contributed by atoms with E-state index in [4.69, 9.17) is 4.42 Å². The molecule has 1 aromatic carbocycles. The van der Waals surface area contributed by atoms with Crippen molar-refractivity contribution in [2.45, 2.75) is 57.4 Å². The molecule has 3 heterocycles. The minimum absolute atomic E-state index is 0.138. The van der Waals surface area contributed by atoms with Gasteiger partial charge in [-0.25, -0.2) is 9.37 Å². The van der Waals surface area contributed by atoms with Crippen molar-refractivity contribution in [2.75, 3.05) is 0 Å². The normalized spacial score (nSPS) is 20.3. The van der Waals surface area contributed by atoms with Gasteiger partial charge in [0.05, 0.1) is 5.69 Å². The number of fused-ring (bicyclic) bond motifs is 2. The summed E-state index contributed by atoms with van der Waals surface area (Å²) in [6.45, 7) is 3.55. The van der Waals surface area contributed by atoms with Gasteiger partial charge in [-0.1, -0.05) is 26.3 Å². The Kier molecular flexibility index (Phi) is 5.73. The van der Waals surface area contributed by atoms with E-state index in [-0.39, 0.29) is 11.9 Å². The van der Waals surface area contributed by atoms with E-state index in [1.54, 1.807) is 0 Å². The molecule has 1 aliphatic rings. The molecule has 1 N–H and O–H groups in total. The molecule has 4 aromatic rings. The van der Waals surface area contributed by atoms with E-state index in [1.165, 1.54) is 12.4 Å². The number of amides is 1. The first-order valence-electron chi connectivity index (χ1n) is 11.2.